The molecule has 6 heteroatoms. The van der Waals surface area contributed by atoms with Crippen molar-refractivity contribution in [2.75, 3.05) is 13.1 Å². The first-order valence-electron chi connectivity index (χ1n) is 7.67. The molecule has 0 radical (unpaired) electrons. The zero-order chi connectivity index (χ0) is 16.1. The number of hydrogen-bond acceptors (Lipinski definition) is 5. The van der Waals surface area contributed by atoms with E-state index in [1.165, 1.54) is 12.4 Å². The molecule has 3 heterocycles. The Kier molecular flexibility index (Phi) is 4.83. The maximum atomic E-state index is 12.4. The number of carbonyl (C=O) groups is 1. The zero-order valence-electron chi connectivity index (χ0n) is 12.8. The van der Waals surface area contributed by atoms with E-state index in [0.29, 0.717) is 25.3 Å². The number of likely N-dealkylation sites (tertiary alicyclic amines) is 1. The van der Waals surface area contributed by atoms with Crippen molar-refractivity contribution in [1.82, 2.24) is 14.9 Å². The number of ether oxygens (including phenoxy) is 1. The molecule has 3 rings (SSSR count). The lowest BCUT2D eigenvalue weighted by molar-refractivity contribution is -0.000520. The molecule has 0 spiro atoms. The van der Waals surface area contributed by atoms with E-state index in [-0.39, 0.29) is 17.8 Å². The molecule has 23 heavy (non-hydrogen) atoms. The van der Waals surface area contributed by atoms with E-state index in [2.05, 4.69) is 9.97 Å². The van der Waals surface area contributed by atoms with Crippen molar-refractivity contribution in [2.24, 2.45) is 0 Å². The number of hydrogen-bond donors (Lipinski definition) is 1. The van der Waals surface area contributed by atoms with E-state index in [1.54, 1.807) is 23.4 Å². The fourth-order valence-electron chi connectivity index (χ4n) is 2.66. The number of nitrogens with zero attached hydrogens (tertiary/aromatic N) is 3. The van der Waals surface area contributed by atoms with E-state index in [1.807, 2.05) is 12.1 Å². The van der Waals surface area contributed by atoms with Crippen LogP contribution in [-0.4, -0.2) is 45.1 Å². The SMILES string of the molecule is O=C(c1ccncc1O)N1CCC(OCc2cccnc2)CC1. The Balaban J connectivity index is 1.50. The van der Waals surface area contributed by atoms with Gasteiger partial charge in [0.1, 0.15) is 5.75 Å². The summed E-state index contributed by atoms with van der Waals surface area (Å²) >= 11 is 0. The minimum Gasteiger partial charge on any atom is -0.505 e. The number of carbonyl (C=O) groups excluding carboxylic acids is 1. The molecule has 0 aliphatic carbocycles. The summed E-state index contributed by atoms with van der Waals surface area (Å²) in [5.74, 6) is -0.233. The summed E-state index contributed by atoms with van der Waals surface area (Å²) in [6.07, 6.45) is 8.06. The third-order valence-corrected chi connectivity index (χ3v) is 3.97. The van der Waals surface area contributed by atoms with Gasteiger partial charge >= 0.3 is 0 Å². The summed E-state index contributed by atoms with van der Waals surface area (Å²) in [6.45, 7) is 1.79. The average molecular weight is 313 g/mol. The fourth-order valence-corrected chi connectivity index (χ4v) is 2.66. The number of amides is 1. The Bertz CT molecular complexity index is 655. The van der Waals surface area contributed by atoms with Crippen molar-refractivity contribution in [3.05, 3.63) is 54.1 Å². The summed E-state index contributed by atoms with van der Waals surface area (Å²) in [7, 11) is 0. The highest BCUT2D eigenvalue weighted by Gasteiger charge is 2.25. The van der Waals surface area contributed by atoms with E-state index in [9.17, 15) is 9.90 Å². The Labute approximate surface area is 134 Å². The van der Waals surface area contributed by atoms with E-state index in [4.69, 9.17) is 4.74 Å². The number of aromatic hydroxyl groups is 1. The van der Waals surface area contributed by atoms with Crippen LogP contribution in [0.25, 0.3) is 0 Å². The van der Waals surface area contributed by atoms with Crippen molar-refractivity contribution in [3.8, 4) is 5.75 Å². The predicted octanol–water partition coefficient (Wildman–Crippen LogP) is 2.00. The molecule has 1 fully saturated rings. The summed E-state index contributed by atoms with van der Waals surface area (Å²) in [4.78, 5) is 22.0. The summed E-state index contributed by atoms with van der Waals surface area (Å²) < 4.78 is 5.89. The molecule has 2 aromatic rings. The summed E-state index contributed by atoms with van der Waals surface area (Å²) in [5.41, 5.74) is 1.35. The molecular weight excluding hydrogens is 294 g/mol. The second-order valence-corrected chi connectivity index (χ2v) is 5.56. The van der Waals surface area contributed by atoms with Crippen molar-refractivity contribution < 1.29 is 14.6 Å². The predicted molar refractivity (Wildman–Crippen MR) is 83.9 cm³/mol. The molecule has 1 amide bonds. The molecule has 1 saturated heterocycles. The number of piperidine rings is 1. The largest absolute Gasteiger partial charge is 0.505 e. The third-order valence-electron chi connectivity index (χ3n) is 3.97. The molecular formula is C17H19N3O3. The second-order valence-electron chi connectivity index (χ2n) is 5.56. The van der Waals surface area contributed by atoms with Crippen LogP contribution in [0.2, 0.25) is 0 Å². The first-order chi connectivity index (χ1) is 11.2. The highest BCUT2D eigenvalue weighted by Crippen LogP contribution is 2.21. The summed E-state index contributed by atoms with van der Waals surface area (Å²) in [6, 6.07) is 5.42. The molecule has 1 aliphatic heterocycles. The molecule has 0 unspecified atom stereocenters. The maximum Gasteiger partial charge on any atom is 0.257 e. The van der Waals surface area contributed by atoms with Gasteiger partial charge in [-0.15, -0.1) is 0 Å². The van der Waals surface area contributed by atoms with Gasteiger partial charge in [-0.3, -0.25) is 14.8 Å². The second kappa shape index (κ2) is 7.19. The Hall–Kier alpha value is -2.47. The normalized spacial score (nSPS) is 15.6. The number of aromatic nitrogens is 2. The molecule has 1 aliphatic rings. The van der Waals surface area contributed by atoms with Crippen LogP contribution < -0.4 is 0 Å². The van der Waals surface area contributed by atoms with Gasteiger partial charge in [0.2, 0.25) is 0 Å². The van der Waals surface area contributed by atoms with Gasteiger partial charge in [-0.1, -0.05) is 6.07 Å². The lowest BCUT2D eigenvalue weighted by Crippen LogP contribution is -2.40. The van der Waals surface area contributed by atoms with Gasteiger partial charge < -0.3 is 14.7 Å². The van der Waals surface area contributed by atoms with Crippen molar-refractivity contribution in [2.45, 2.75) is 25.6 Å². The van der Waals surface area contributed by atoms with Gasteiger partial charge in [0.05, 0.1) is 24.5 Å². The molecule has 1 N–H and O–H groups in total. The van der Waals surface area contributed by atoms with Gasteiger partial charge in [-0.05, 0) is 30.5 Å². The van der Waals surface area contributed by atoms with Gasteiger partial charge in [-0.25, -0.2) is 0 Å². The Morgan fingerprint density at radius 3 is 2.70 bits per heavy atom. The average Bonchev–Trinajstić information content (AvgIpc) is 2.61. The Morgan fingerprint density at radius 1 is 1.22 bits per heavy atom. The number of pyridine rings is 2. The highest BCUT2D eigenvalue weighted by molar-refractivity contribution is 5.96. The molecule has 2 aromatic heterocycles. The number of rotatable bonds is 4. The third kappa shape index (κ3) is 3.84. The standard InChI is InChI=1S/C17H19N3O3/c21-16-11-19-7-3-15(16)17(22)20-8-4-14(5-9-20)23-12-13-2-1-6-18-10-13/h1-3,6-7,10-11,14,21H,4-5,8-9,12H2. The summed E-state index contributed by atoms with van der Waals surface area (Å²) in [5, 5.41) is 9.73. The van der Waals surface area contributed by atoms with Gasteiger partial charge in [0.25, 0.3) is 5.91 Å². The lowest BCUT2D eigenvalue weighted by atomic mass is 10.1. The van der Waals surface area contributed by atoms with Crippen LogP contribution >= 0.6 is 0 Å². The van der Waals surface area contributed by atoms with E-state index in [0.717, 1.165) is 18.4 Å². The minimum absolute atomic E-state index is 0.0764. The Morgan fingerprint density at radius 2 is 2.00 bits per heavy atom. The van der Waals surface area contributed by atoms with Crippen LogP contribution in [0.3, 0.4) is 0 Å². The minimum atomic E-state index is -0.157. The van der Waals surface area contributed by atoms with Crippen LogP contribution in [0.4, 0.5) is 0 Å². The molecule has 120 valence electrons. The molecule has 6 nitrogen and oxygen atoms in total. The monoisotopic (exact) mass is 313 g/mol. The first kappa shape index (κ1) is 15.4. The van der Waals surface area contributed by atoms with E-state index < -0.39 is 0 Å². The van der Waals surface area contributed by atoms with Crippen LogP contribution in [0.5, 0.6) is 5.75 Å². The first-order valence-corrected chi connectivity index (χ1v) is 7.67. The lowest BCUT2D eigenvalue weighted by Gasteiger charge is -2.32. The van der Waals surface area contributed by atoms with Crippen molar-refractivity contribution in [3.63, 3.8) is 0 Å². The highest BCUT2D eigenvalue weighted by atomic mass is 16.5. The fraction of sp³-hybridized carbons (Fsp3) is 0.353. The molecule has 0 atom stereocenters. The quantitative estimate of drug-likeness (QED) is 0.934. The molecule has 0 aromatic carbocycles. The van der Waals surface area contributed by atoms with Gasteiger partial charge in [0, 0.05) is 31.7 Å². The molecule has 0 bridgehead atoms. The topological polar surface area (TPSA) is 75.5 Å². The van der Waals surface area contributed by atoms with Crippen LogP contribution in [-0.2, 0) is 11.3 Å². The van der Waals surface area contributed by atoms with Crippen LogP contribution in [0, 0.1) is 0 Å². The van der Waals surface area contributed by atoms with Gasteiger partial charge in [-0.2, -0.15) is 0 Å². The smallest absolute Gasteiger partial charge is 0.257 e. The van der Waals surface area contributed by atoms with Crippen molar-refractivity contribution >= 4 is 5.91 Å². The van der Waals surface area contributed by atoms with Gasteiger partial charge in [0.15, 0.2) is 0 Å². The van der Waals surface area contributed by atoms with Crippen LogP contribution in [0.15, 0.2) is 43.0 Å². The zero-order valence-corrected chi connectivity index (χ0v) is 12.8. The molecule has 0 saturated carbocycles. The maximum absolute atomic E-state index is 12.4. The van der Waals surface area contributed by atoms with Crippen LogP contribution in [0.1, 0.15) is 28.8 Å². The van der Waals surface area contributed by atoms with Crippen molar-refractivity contribution in [1.29, 1.82) is 0 Å². The van der Waals surface area contributed by atoms with E-state index >= 15 is 0 Å².